The van der Waals surface area contributed by atoms with E-state index in [1.54, 1.807) is 0 Å². The van der Waals surface area contributed by atoms with Crippen LogP contribution in [0, 0.1) is 11.9 Å². The van der Waals surface area contributed by atoms with Gasteiger partial charge in [-0.25, -0.2) is 13.4 Å². The molecule has 130 valence electrons. The molecule has 1 aromatic rings. The van der Waals surface area contributed by atoms with Crippen LogP contribution in [0.1, 0.15) is 20.8 Å². The number of hydrogen-bond acceptors (Lipinski definition) is 8. The van der Waals surface area contributed by atoms with E-state index in [1.807, 2.05) is 0 Å². The first kappa shape index (κ1) is 19.2. The standard InChI is InChI=1S/C10H14F2N4O5S2/c1-10(2,3)22(17,18)5-7(13)16-21-23(19,20)9-8(12)15-6(11)4-14-9/h4H,5H2,1-3H3,(H2,13,16). The maximum Gasteiger partial charge on any atom is 0.380 e. The Morgan fingerprint density at radius 2 is 1.87 bits per heavy atom. The van der Waals surface area contributed by atoms with E-state index in [0.717, 1.165) is 0 Å². The summed E-state index contributed by atoms with van der Waals surface area (Å²) >= 11 is 0. The Bertz CT molecular complexity index is 831. The molecular formula is C10H14F2N4O5S2. The zero-order chi connectivity index (χ0) is 18.1. The van der Waals surface area contributed by atoms with Crippen molar-refractivity contribution in [3.05, 3.63) is 18.1 Å². The van der Waals surface area contributed by atoms with Crippen LogP contribution in [-0.2, 0) is 24.2 Å². The summed E-state index contributed by atoms with van der Waals surface area (Å²) in [5.41, 5.74) is 5.30. The van der Waals surface area contributed by atoms with Crippen LogP contribution in [0.2, 0.25) is 0 Å². The minimum Gasteiger partial charge on any atom is -0.384 e. The summed E-state index contributed by atoms with van der Waals surface area (Å²) in [4.78, 5) is 5.62. The van der Waals surface area contributed by atoms with E-state index in [2.05, 4.69) is 19.4 Å². The van der Waals surface area contributed by atoms with Crippen LogP contribution >= 0.6 is 0 Å². The lowest BCUT2D eigenvalue weighted by Crippen LogP contribution is -2.36. The molecule has 0 bridgehead atoms. The SMILES string of the molecule is CC(C)(C)S(=O)(=O)CC(N)=NOS(=O)(=O)c1ncc(F)nc1F. The molecule has 13 heteroatoms. The molecule has 0 radical (unpaired) electrons. The third kappa shape index (κ3) is 4.79. The molecule has 0 amide bonds. The molecule has 0 aliphatic rings. The number of nitrogens with two attached hydrogens (primary N) is 1. The zero-order valence-electron chi connectivity index (χ0n) is 12.3. The highest BCUT2D eigenvalue weighted by molar-refractivity contribution is 7.93. The van der Waals surface area contributed by atoms with Crippen molar-refractivity contribution in [3.63, 3.8) is 0 Å². The van der Waals surface area contributed by atoms with Crippen LogP contribution in [0.5, 0.6) is 0 Å². The van der Waals surface area contributed by atoms with E-state index < -0.39 is 53.2 Å². The number of amidine groups is 1. The van der Waals surface area contributed by atoms with E-state index in [4.69, 9.17) is 5.73 Å². The predicted molar refractivity (Wildman–Crippen MR) is 75.4 cm³/mol. The second-order valence-electron chi connectivity index (χ2n) is 5.27. The normalized spacial score (nSPS) is 13.9. The molecule has 23 heavy (non-hydrogen) atoms. The molecule has 1 heterocycles. The number of nitrogens with zero attached hydrogens (tertiary/aromatic N) is 3. The molecular weight excluding hydrogens is 358 g/mol. The van der Waals surface area contributed by atoms with Crippen molar-refractivity contribution >= 4 is 25.8 Å². The van der Waals surface area contributed by atoms with E-state index in [1.165, 1.54) is 20.8 Å². The molecule has 0 fully saturated rings. The summed E-state index contributed by atoms with van der Waals surface area (Å²) in [5, 5.41) is 1.62. The second kappa shape index (κ2) is 6.31. The molecule has 0 saturated carbocycles. The molecule has 2 N–H and O–H groups in total. The highest BCUT2D eigenvalue weighted by atomic mass is 32.2. The summed E-state index contributed by atoms with van der Waals surface area (Å²) in [7, 11) is -8.60. The second-order valence-corrected chi connectivity index (χ2v) is 9.46. The number of aromatic nitrogens is 2. The first-order chi connectivity index (χ1) is 10.3. The summed E-state index contributed by atoms with van der Waals surface area (Å²) in [6, 6.07) is 0. The van der Waals surface area contributed by atoms with Crippen molar-refractivity contribution < 1.29 is 29.9 Å². The zero-order valence-corrected chi connectivity index (χ0v) is 14.0. The van der Waals surface area contributed by atoms with Gasteiger partial charge in [-0.05, 0) is 20.8 Å². The molecule has 0 aromatic carbocycles. The number of rotatable bonds is 5. The van der Waals surface area contributed by atoms with Gasteiger partial charge in [0.2, 0.25) is 5.95 Å². The summed E-state index contributed by atoms with van der Waals surface area (Å²) in [5.74, 6) is -4.51. The van der Waals surface area contributed by atoms with Crippen molar-refractivity contribution in [3.8, 4) is 0 Å². The lowest BCUT2D eigenvalue weighted by Gasteiger charge is -2.18. The van der Waals surface area contributed by atoms with Gasteiger partial charge in [0.05, 0.1) is 10.9 Å². The van der Waals surface area contributed by atoms with Crippen LogP contribution < -0.4 is 5.73 Å². The average Bonchev–Trinajstić information content (AvgIpc) is 2.34. The number of oxime groups is 1. The van der Waals surface area contributed by atoms with Crippen molar-refractivity contribution in [2.45, 2.75) is 30.5 Å². The molecule has 0 atom stereocenters. The molecule has 1 rings (SSSR count). The van der Waals surface area contributed by atoms with Crippen molar-refractivity contribution in [1.82, 2.24) is 9.97 Å². The Balaban J connectivity index is 2.99. The molecule has 0 aliphatic heterocycles. The lowest BCUT2D eigenvalue weighted by atomic mass is 10.3. The van der Waals surface area contributed by atoms with Crippen LogP contribution in [-0.4, -0.2) is 43.1 Å². The van der Waals surface area contributed by atoms with Gasteiger partial charge in [-0.1, -0.05) is 5.16 Å². The summed E-state index contributed by atoms with van der Waals surface area (Å²) in [6.45, 7) is 4.24. The largest absolute Gasteiger partial charge is 0.384 e. The fourth-order valence-corrected chi connectivity index (χ4v) is 2.65. The molecule has 9 nitrogen and oxygen atoms in total. The Labute approximate surface area is 131 Å². The molecule has 0 saturated heterocycles. The number of hydrogen-bond donors (Lipinski definition) is 1. The number of sulfone groups is 1. The van der Waals surface area contributed by atoms with Gasteiger partial charge in [0.1, 0.15) is 5.75 Å². The van der Waals surface area contributed by atoms with Gasteiger partial charge in [-0.15, -0.1) is 0 Å². The van der Waals surface area contributed by atoms with Gasteiger partial charge in [-0.3, -0.25) is 4.28 Å². The highest BCUT2D eigenvalue weighted by Gasteiger charge is 2.30. The smallest absolute Gasteiger partial charge is 0.380 e. The van der Waals surface area contributed by atoms with Crippen LogP contribution in [0.15, 0.2) is 16.4 Å². The lowest BCUT2D eigenvalue weighted by molar-refractivity contribution is 0.330. The Kier molecular flexibility index (Phi) is 5.26. The molecule has 1 aromatic heterocycles. The third-order valence-electron chi connectivity index (χ3n) is 2.43. The Morgan fingerprint density at radius 1 is 1.30 bits per heavy atom. The Morgan fingerprint density at radius 3 is 2.35 bits per heavy atom. The van der Waals surface area contributed by atoms with Crippen LogP contribution in [0.4, 0.5) is 8.78 Å². The predicted octanol–water partition coefficient (Wildman–Crippen LogP) is -0.0544. The minimum atomic E-state index is -4.87. The van der Waals surface area contributed by atoms with Crippen LogP contribution in [0.3, 0.4) is 0 Å². The van der Waals surface area contributed by atoms with Gasteiger partial charge in [0.15, 0.2) is 15.7 Å². The summed E-state index contributed by atoms with van der Waals surface area (Å²) in [6.07, 6.45) is 0.358. The van der Waals surface area contributed by atoms with Gasteiger partial charge < -0.3 is 5.73 Å². The molecule has 0 aliphatic carbocycles. The third-order valence-corrected chi connectivity index (χ3v) is 5.99. The summed E-state index contributed by atoms with van der Waals surface area (Å²) < 4.78 is 75.7. The van der Waals surface area contributed by atoms with E-state index in [0.29, 0.717) is 6.20 Å². The van der Waals surface area contributed by atoms with Crippen molar-refractivity contribution in [1.29, 1.82) is 0 Å². The topological polar surface area (TPSA) is 142 Å². The van der Waals surface area contributed by atoms with E-state index in [9.17, 15) is 25.6 Å². The van der Waals surface area contributed by atoms with E-state index in [-0.39, 0.29) is 0 Å². The van der Waals surface area contributed by atoms with Gasteiger partial charge in [-0.2, -0.15) is 22.2 Å². The fraction of sp³-hybridized carbons (Fsp3) is 0.500. The van der Waals surface area contributed by atoms with Gasteiger partial charge in [0.25, 0.3) is 11.0 Å². The number of halogens is 2. The maximum absolute atomic E-state index is 13.2. The highest BCUT2D eigenvalue weighted by Crippen LogP contribution is 2.16. The average molecular weight is 372 g/mol. The minimum absolute atomic E-state index is 0.358. The fourth-order valence-electron chi connectivity index (χ4n) is 1.07. The van der Waals surface area contributed by atoms with Crippen molar-refractivity contribution in [2.24, 2.45) is 10.9 Å². The first-order valence-electron chi connectivity index (χ1n) is 5.92. The van der Waals surface area contributed by atoms with Crippen molar-refractivity contribution in [2.75, 3.05) is 5.75 Å². The maximum atomic E-state index is 13.2. The van der Waals surface area contributed by atoms with Gasteiger partial charge in [0, 0.05) is 0 Å². The van der Waals surface area contributed by atoms with E-state index >= 15 is 0 Å². The first-order valence-corrected chi connectivity index (χ1v) is 8.98. The Hall–Kier alpha value is -1.89. The van der Waals surface area contributed by atoms with Gasteiger partial charge >= 0.3 is 10.1 Å². The molecule has 0 spiro atoms. The van der Waals surface area contributed by atoms with Crippen LogP contribution in [0.25, 0.3) is 0 Å². The quantitative estimate of drug-likeness (QED) is 0.430. The monoisotopic (exact) mass is 372 g/mol. The molecule has 0 unspecified atom stereocenters.